The van der Waals surface area contributed by atoms with E-state index in [9.17, 15) is 22.0 Å². The van der Waals surface area contributed by atoms with Gasteiger partial charge in [0.25, 0.3) is 0 Å². The van der Waals surface area contributed by atoms with Crippen molar-refractivity contribution in [2.45, 2.75) is 11.8 Å². The minimum atomic E-state index is -3.70. The zero-order valence-corrected chi connectivity index (χ0v) is 13.7. The fourth-order valence-electron chi connectivity index (χ4n) is 2.10. The maximum atomic E-state index is 13.3. The summed E-state index contributed by atoms with van der Waals surface area (Å²) in [6.07, 6.45) is 0. The monoisotopic (exact) mass is 354 g/mol. The summed E-state index contributed by atoms with van der Waals surface area (Å²) in [6, 6.07) is 10.8. The second-order valence-electron chi connectivity index (χ2n) is 4.98. The van der Waals surface area contributed by atoms with E-state index in [-0.39, 0.29) is 23.7 Å². The molecular weight excluding hydrogens is 338 g/mol. The van der Waals surface area contributed by atoms with Crippen LogP contribution in [0.1, 0.15) is 6.92 Å². The van der Waals surface area contributed by atoms with E-state index < -0.39 is 27.6 Å². The van der Waals surface area contributed by atoms with Crippen molar-refractivity contribution < 1.29 is 22.0 Å². The first-order valence-electron chi connectivity index (χ1n) is 7.09. The van der Waals surface area contributed by atoms with E-state index in [4.69, 9.17) is 0 Å². The molecule has 0 aliphatic carbocycles. The molecule has 0 aromatic heterocycles. The van der Waals surface area contributed by atoms with Gasteiger partial charge in [-0.1, -0.05) is 18.2 Å². The Morgan fingerprint density at radius 2 is 1.75 bits per heavy atom. The number of hydrogen-bond acceptors (Lipinski definition) is 3. The van der Waals surface area contributed by atoms with E-state index in [0.29, 0.717) is 0 Å². The fraction of sp³-hybridized carbons (Fsp3) is 0.188. The topological polar surface area (TPSA) is 66.5 Å². The van der Waals surface area contributed by atoms with Crippen LogP contribution >= 0.6 is 0 Å². The molecule has 0 radical (unpaired) electrons. The summed E-state index contributed by atoms with van der Waals surface area (Å²) in [5, 5.41) is 0. The van der Waals surface area contributed by atoms with E-state index in [1.807, 2.05) is 0 Å². The number of carbonyl (C=O) groups is 1. The molecule has 2 rings (SSSR count). The van der Waals surface area contributed by atoms with Crippen LogP contribution in [-0.4, -0.2) is 27.4 Å². The molecule has 0 heterocycles. The van der Waals surface area contributed by atoms with Gasteiger partial charge in [0, 0.05) is 31.8 Å². The van der Waals surface area contributed by atoms with Crippen LogP contribution in [0.25, 0.3) is 0 Å². The molecule has 2 aromatic carbocycles. The average molecular weight is 354 g/mol. The lowest BCUT2D eigenvalue weighted by Gasteiger charge is -2.21. The molecule has 1 N–H and O–H groups in total. The van der Waals surface area contributed by atoms with Crippen molar-refractivity contribution in [1.82, 2.24) is 4.72 Å². The first-order valence-corrected chi connectivity index (χ1v) is 8.57. The maximum absolute atomic E-state index is 13.3. The average Bonchev–Trinajstić information content (AvgIpc) is 2.55. The van der Waals surface area contributed by atoms with Crippen LogP contribution in [0, 0.1) is 11.6 Å². The quantitative estimate of drug-likeness (QED) is 0.866. The Morgan fingerprint density at radius 1 is 1.08 bits per heavy atom. The fourth-order valence-corrected chi connectivity index (χ4v) is 3.14. The summed E-state index contributed by atoms with van der Waals surface area (Å²) >= 11 is 0. The number of sulfonamides is 1. The molecule has 8 heteroatoms. The first kappa shape index (κ1) is 18.0. The molecular formula is C16H16F2N2O3S. The zero-order chi connectivity index (χ0) is 17.7. The van der Waals surface area contributed by atoms with E-state index >= 15 is 0 Å². The summed E-state index contributed by atoms with van der Waals surface area (Å²) in [5.74, 6) is -2.52. The highest BCUT2D eigenvalue weighted by atomic mass is 32.2. The van der Waals surface area contributed by atoms with E-state index in [0.717, 1.165) is 17.0 Å². The van der Waals surface area contributed by atoms with Gasteiger partial charge in [0.2, 0.25) is 15.9 Å². The van der Waals surface area contributed by atoms with Gasteiger partial charge in [0.15, 0.2) is 11.6 Å². The standard InChI is InChI=1S/C16H16F2N2O3S/c1-12(21)20(13-7-8-15(17)16(18)11-13)10-9-19-24(22,23)14-5-3-2-4-6-14/h2-8,11,19H,9-10H2,1H3. The molecule has 0 spiro atoms. The number of nitrogens with one attached hydrogen (secondary N) is 1. The van der Waals surface area contributed by atoms with Crippen molar-refractivity contribution in [2.24, 2.45) is 0 Å². The number of halogens is 2. The van der Waals surface area contributed by atoms with Crippen molar-refractivity contribution in [3.05, 3.63) is 60.2 Å². The van der Waals surface area contributed by atoms with E-state index in [1.54, 1.807) is 18.2 Å². The highest BCUT2D eigenvalue weighted by molar-refractivity contribution is 7.89. The molecule has 128 valence electrons. The first-order chi connectivity index (χ1) is 11.3. The molecule has 0 atom stereocenters. The number of nitrogens with zero attached hydrogens (tertiary/aromatic N) is 1. The van der Waals surface area contributed by atoms with E-state index in [2.05, 4.69) is 4.72 Å². The van der Waals surface area contributed by atoms with Crippen molar-refractivity contribution >= 4 is 21.6 Å². The van der Waals surface area contributed by atoms with Gasteiger partial charge in [0.1, 0.15) is 0 Å². The number of rotatable bonds is 6. The Morgan fingerprint density at radius 3 is 2.33 bits per heavy atom. The lowest BCUT2D eigenvalue weighted by molar-refractivity contribution is -0.116. The van der Waals surface area contributed by atoms with Gasteiger partial charge >= 0.3 is 0 Å². The van der Waals surface area contributed by atoms with Crippen molar-refractivity contribution in [1.29, 1.82) is 0 Å². The number of amides is 1. The van der Waals surface area contributed by atoms with Crippen molar-refractivity contribution in [3.8, 4) is 0 Å². The van der Waals surface area contributed by atoms with Gasteiger partial charge in [0.05, 0.1) is 4.90 Å². The molecule has 0 saturated heterocycles. The molecule has 24 heavy (non-hydrogen) atoms. The molecule has 5 nitrogen and oxygen atoms in total. The third-order valence-electron chi connectivity index (χ3n) is 3.28. The number of carbonyl (C=O) groups excluding carboxylic acids is 1. The summed E-state index contributed by atoms with van der Waals surface area (Å²) in [5.41, 5.74) is 0.153. The van der Waals surface area contributed by atoms with E-state index in [1.165, 1.54) is 25.1 Å². The van der Waals surface area contributed by atoms with Crippen LogP contribution in [0.3, 0.4) is 0 Å². The van der Waals surface area contributed by atoms with Gasteiger partial charge in [-0.25, -0.2) is 21.9 Å². The number of anilines is 1. The third-order valence-corrected chi connectivity index (χ3v) is 4.75. The van der Waals surface area contributed by atoms with Crippen LogP contribution in [0.15, 0.2) is 53.4 Å². The third kappa shape index (κ3) is 4.36. The van der Waals surface area contributed by atoms with Gasteiger partial charge in [-0.05, 0) is 24.3 Å². The lowest BCUT2D eigenvalue weighted by Crippen LogP contribution is -2.37. The minimum absolute atomic E-state index is 0.0214. The lowest BCUT2D eigenvalue weighted by atomic mass is 10.2. The molecule has 0 bridgehead atoms. The molecule has 0 unspecified atom stereocenters. The van der Waals surface area contributed by atoms with Crippen LogP contribution in [-0.2, 0) is 14.8 Å². The predicted octanol–water partition coefficient (Wildman–Crippen LogP) is 2.30. The second-order valence-corrected chi connectivity index (χ2v) is 6.75. The minimum Gasteiger partial charge on any atom is -0.311 e. The van der Waals surface area contributed by atoms with Crippen LogP contribution in [0.5, 0.6) is 0 Å². The van der Waals surface area contributed by atoms with Crippen molar-refractivity contribution in [3.63, 3.8) is 0 Å². The Bertz CT molecular complexity index is 826. The molecule has 1 amide bonds. The summed E-state index contributed by atoms with van der Waals surface area (Å²) < 4.78 is 52.9. The number of benzene rings is 2. The maximum Gasteiger partial charge on any atom is 0.240 e. The smallest absolute Gasteiger partial charge is 0.240 e. The van der Waals surface area contributed by atoms with Crippen molar-refractivity contribution in [2.75, 3.05) is 18.0 Å². The molecule has 0 fully saturated rings. The summed E-state index contributed by atoms with van der Waals surface area (Å²) in [6.45, 7) is 1.16. The summed E-state index contributed by atoms with van der Waals surface area (Å²) in [7, 11) is -3.70. The second kappa shape index (κ2) is 7.50. The van der Waals surface area contributed by atoms with Crippen LogP contribution in [0.2, 0.25) is 0 Å². The van der Waals surface area contributed by atoms with Gasteiger partial charge in [-0.2, -0.15) is 0 Å². The van der Waals surface area contributed by atoms with Gasteiger partial charge < -0.3 is 4.90 Å². The molecule has 0 aliphatic heterocycles. The number of hydrogen-bond donors (Lipinski definition) is 1. The highest BCUT2D eigenvalue weighted by Crippen LogP contribution is 2.18. The molecule has 0 aliphatic rings. The van der Waals surface area contributed by atoms with Gasteiger partial charge in [-0.3, -0.25) is 4.79 Å². The normalized spacial score (nSPS) is 11.3. The Kier molecular flexibility index (Phi) is 5.63. The Hall–Kier alpha value is -2.32. The predicted molar refractivity (Wildman–Crippen MR) is 86.0 cm³/mol. The summed E-state index contributed by atoms with van der Waals surface area (Å²) in [4.78, 5) is 13.0. The highest BCUT2D eigenvalue weighted by Gasteiger charge is 2.17. The SMILES string of the molecule is CC(=O)N(CCNS(=O)(=O)c1ccccc1)c1ccc(F)c(F)c1. The Balaban J connectivity index is 2.07. The molecule has 0 saturated carbocycles. The largest absolute Gasteiger partial charge is 0.311 e. The Labute approximate surface area is 139 Å². The van der Waals surface area contributed by atoms with Crippen LogP contribution < -0.4 is 9.62 Å². The van der Waals surface area contributed by atoms with Gasteiger partial charge in [-0.15, -0.1) is 0 Å². The zero-order valence-electron chi connectivity index (χ0n) is 12.9. The van der Waals surface area contributed by atoms with Crippen LogP contribution in [0.4, 0.5) is 14.5 Å². The molecule has 2 aromatic rings.